The third-order valence-corrected chi connectivity index (χ3v) is 8.22. The number of benzene rings is 2. The van der Waals surface area contributed by atoms with Crippen molar-refractivity contribution in [2.24, 2.45) is 5.92 Å². The molecular weight excluding hydrogens is 353 g/mol. The molecule has 0 bridgehead atoms. The molecule has 0 radical (unpaired) electrons. The first-order valence-electron chi connectivity index (χ1n) is 10.2. The van der Waals surface area contributed by atoms with Crippen molar-refractivity contribution in [1.82, 2.24) is 4.67 Å². The molecule has 0 aliphatic carbocycles. The lowest BCUT2D eigenvalue weighted by Gasteiger charge is -2.41. The van der Waals surface area contributed by atoms with Crippen LogP contribution in [0, 0.1) is 5.92 Å². The third-order valence-electron chi connectivity index (χ3n) is 5.34. The molecule has 3 nitrogen and oxygen atoms in total. The van der Waals surface area contributed by atoms with Crippen LogP contribution in [0.2, 0.25) is 0 Å². The molecule has 0 spiro atoms. The summed E-state index contributed by atoms with van der Waals surface area (Å²) in [4.78, 5) is 0. The maximum Gasteiger partial charge on any atom is 0.273 e. The fourth-order valence-electron chi connectivity index (χ4n) is 3.97. The molecule has 1 aliphatic rings. The Morgan fingerprint density at radius 2 is 1.63 bits per heavy atom. The summed E-state index contributed by atoms with van der Waals surface area (Å²) >= 11 is 0. The predicted molar refractivity (Wildman–Crippen MR) is 113 cm³/mol. The first kappa shape index (κ1) is 20.3. The summed E-state index contributed by atoms with van der Waals surface area (Å²) in [5, 5.41) is 0. The van der Waals surface area contributed by atoms with Crippen LogP contribution in [-0.2, 0) is 9.09 Å². The fraction of sp³-hybridized carbons (Fsp3) is 0.478. The molecule has 1 heterocycles. The summed E-state index contributed by atoms with van der Waals surface area (Å²) < 4.78 is 22.2. The fourth-order valence-corrected chi connectivity index (χ4v) is 6.88. The van der Waals surface area contributed by atoms with E-state index in [0.29, 0.717) is 18.7 Å². The highest BCUT2D eigenvalue weighted by Crippen LogP contribution is 2.59. The summed E-state index contributed by atoms with van der Waals surface area (Å²) in [6.45, 7) is 5.83. The van der Waals surface area contributed by atoms with E-state index in [2.05, 4.69) is 67.0 Å². The average Bonchev–Trinajstić information content (AvgIpc) is 2.70. The zero-order valence-electron chi connectivity index (χ0n) is 16.6. The molecule has 27 heavy (non-hydrogen) atoms. The molecule has 2 aromatic rings. The van der Waals surface area contributed by atoms with Gasteiger partial charge in [-0.1, -0.05) is 93.8 Å². The Morgan fingerprint density at radius 1 is 1.04 bits per heavy atom. The van der Waals surface area contributed by atoms with Gasteiger partial charge in [0.25, 0.3) is 7.52 Å². The third kappa shape index (κ3) is 5.10. The second-order valence-electron chi connectivity index (χ2n) is 7.64. The Kier molecular flexibility index (Phi) is 7.29. The van der Waals surface area contributed by atoms with Crippen LogP contribution in [0.4, 0.5) is 0 Å². The molecule has 1 aliphatic heterocycles. The topological polar surface area (TPSA) is 29.5 Å². The highest BCUT2D eigenvalue weighted by Gasteiger charge is 2.41. The highest BCUT2D eigenvalue weighted by atomic mass is 31.2. The minimum Gasteiger partial charge on any atom is -0.317 e. The summed E-state index contributed by atoms with van der Waals surface area (Å²) in [5.74, 6) is 0.406. The van der Waals surface area contributed by atoms with Crippen molar-refractivity contribution in [2.45, 2.75) is 45.6 Å². The van der Waals surface area contributed by atoms with E-state index in [1.165, 1.54) is 24.0 Å². The molecule has 0 amide bonds. The van der Waals surface area contributed by atoms with E-state index in [4.69, 9.17) is 4.52 Å². The minimum atomic E-state index is -2.87. The average molecular weight is 385 g/mol. The second kappa shape index (κ2) is 9.68. The molecule has 4 heteroatoms. The quantitative estimate of drug-likeness (QED) is 0.485. The second-order valence-corrected chi connectivity index (χ2v) is 10.1. The maximum atomic E-state index is 14.0. The van der Waals surface area contributed by atoms with E-state index in [9.17, 15) is 4.57 Å². The van der Waals surface area contributed by atoms with Gasteiger partial charge in [0.1, 0.15) is 0 Å². The van der Waals surface area contributed by atoms with E-state index < -0.39 is 7.52 Å². The molecule has 0 saturated carbocycles. The first-order valence-corrected chi connectivity index (χ1v) is 12.0. The molecule has 1 fully saturated rings. The number of rotatable bonds is 8. The number of nitrogens with zero attached hydrogens (tertiary/aromatic N) is 1. The van der Waals surface area contributed by atoms with E-state index in [1.54, 1.807) is 0 Å². The molecule has 1 unspecified atom stereocenters. The largest absolute Gasteiger partial charge is 0.317 e. The van der Waals surface area contributed by atoms with Crippen LogP contribution in [0.25, 0.3) is 0 Å². The maximum absolute atomic E-state index is 14.0. The Morgan fingerprint density at radius 3 is 2.19 bits per heavy atom. The van der Waals surface area contributed by atoms with Crippen LogP contribution in [-0.4, -0.2) is 24.0 Å². The first-order chi connectivity index (χ1) is 13.1. The van der Waals surface area contributed by atoms with Crippen molar-refractivity contribution < 1.29 is 9.09 Å². The standard InChI is InChI=1S/C23H32NO2P/c1-3-4-12-20(2)19-27(25)24(17-11-18-26-27)23(21-13-7-5-8-14-21)22-15-9-6-10-16-22/h5-10,13-16,20,23H,3-4,11-12,17-19H2,1-2H3/t20-,27?/m0/s1. The van der Waals surface area contributed by atoms with Crippen molar-refractivity contribution in [3.63, 3.8) is 0 Å². The van der Waals surface area contributed by atoms with Gasteiger partial charge in [0.05, 0.1) is 12.6 Å². The van der Waals surface area contributed by atoms with Crippen molar-refractivity contribution in [3.8, 4) is 0 Å². The number of hydrogen-bond donors (Lipinski definition) is 0. The molecule has 0 aromatic heterocycles. The summed E-state index contributed by atoms with van der Waals surface area (Å²) in [6.07, 6.45) is 5.03. The van der Waals surface area contributed by atoms with E-state index in [0.717, 1.165) is 19.4 Å². The van der Waals surface area contributed by atoms with Crippen LogP contribution < -0.4 is 0 Å². The molecule has 2 aromatic carbocycles. The van der Waals surface area contributed by atoms with Gasteiger partial charge in [0.2, 0.25) is 0 Å². The Hall–Kier alpha value is -1.41. The van der Waals surface area contributed by atoms with Gasteiger partial charge in [-0.05, 0) is 23.5 Å². The van der Waals surface area contributed by atoms with Crippen LogP contribution in [0.15, 0.2) is 60.7 Å². The molecule has 146 valence electrons. The monoisotopic (exact) mass is 385 g/mol. The van der Waals surface area contributed by atoms with Gasteiger partial charge in [-0.2, -0.15) is 0 Å². The van der Waals surface area contributed by atoms with Crippen LogP contribution in [0.3, 0.4) is 0 Å². The van der Waals surface area contributed by atoms with E-state index in [1.807, 2.05) is 12.1 Å². The van der Waals surface area contributed by atoms with Crippen LogP contribution in [0.1, 0.15) is 56.7 Å². The van der Waals surface area contributed by atoms with Gasteiger partial charge in [-0.25, -0.2) is 4.67 Å². The van der Waals surface area contributed by atoms with Crippen molar-refractivity contribution in [1.29, 1.82) is 0 Å². The van der Waals surface area contributed by atoms with Crippen LogP contribution in [0.5, 0.6) is 0 Å². The SMILES string of the molecule is CCCC[C@H](C)CP1(=O)OCCCN1C(c1ccccc1)c1ccccc1. The van der Waals surface area contributed by atoms with Gasteiger partial charge in [0.15, 0.2) is 0 Å². The summed E-state index contributed by atoms with van der Waals surface area (Å²) in [5.41, 5.74) is 2.35. The smallest absolute Gasteiger partial charge is 0.273 e. The zero-order valence-corrected chi connectivity index (χ0v) is 17.5. The van der Waals surface area contributed by atoms with Gasteiger partial charge in [-0.3, -0.25) is 4.57 Å². The normalized spacial score (nSPS) is 22.0. The van der Waals surface area contributed by atoms with Crippen molar-refractivity contribution in [2.75, 3.05) is 19.3 Å². The summed E-state index contributed by atoms with van der Waals surface area (Å²) in [6, 6.07) is 20.8. The van der Waals surface area contributed by atoms with Gasteiger partial charge in [-0.15, -0.1) is 0 Å². The van der Waals surface area contributed by atoms with Gasteiger partial charge < -0.3 is 4.52 Å². The zero-order chi connectivity index (χ0) is 19.1. The lowest BCUT2D eigenvalue weighted by atomic mass is 9.98. The molecule has 0 N–H and O–H groups in total. The summed E-state index contributed by atoms with van der Waals surface area (Å²) in [7, 11) is -2.87. The van der Waals surface area contributed by atoms with E-state index >= 15 is 0 Å². The molecule has 1 saturated heterocycles. The predicted octanol–water partition coefficient (Wildman–Crippen LogP) is 6.52. The molecule has 3 rings (SSSR count). The molecule has 2 atom stereocenters. The van der Waals surface area contributed by atoms with Gasteiger partial charge in [0, 0.05) is 12.7 Å². The lowest BCUT2D eigenvalue weighted by Crippen LogP contribution is -2.35. The van der Waals surface area contributed by atoms with Crippen LogP contribution >= 0.6 is 7.52 Å². The number of unbranched alkanes of at least 4 members (excludes halogenated alkanes) is 1. The molecular formula is C23H32NO2P. The van der Waals surface area contributed by atoms with Crippen molar-refractivity contribution in [3.05, 3.63) is 71.8 Å². The Balaban J connectivity index is 1.94. The Labute approximate surface area is 164 Å². The highest BCUT2D eigenvalue weighted by molar-refractivity contribution is 7.56. The van der Waals surface area contributed by atoms with Gasteiger partial charge >= 0.3 is 0 Å². The number of hydrogen-bond acceptors (Lipinski definition) is 2. The van der Waals surface area contributed by atoms with E-state index in [-0.39, 0.29) is 6.04 Å². The Bertz CT molecular complexity index is 695. The van der Waals surface area contributed by atoms with Crippen molar-refractivity contribution >= 4 is 7.52 Å². The minimum absolute atomic E-state index is 0.0306. The lowest BCUT2D eigenvalue weighted by molar-refractivity contribution is 0.185.